The van der Waals surface area contributed by atoms with Gasteiger partial charge in [-0.25, -0.2) is 9.59 Å². The number of nitrogens with two attached hydrogens (primary N) is 1. The Balaban J connectivity index is 1.80. The first-order valence-corrected chi connectivity index (χ1v) is 9.97. The first-order chi connectivity index (χ1) is 15.5. The van der Waals surface area contributed by atoms with Crippen LogP contribution in [0.2, 0.25) is 0 Å². The van der Waals surface area contributed by atoms with E-state index in [2.05, 4.69) is 5.32 Å². The summed E-state index contributed by atoms with van der Waals surface area (Å²) in [5, 5.41) is 5.92. The maximum absolute atomic E-state index is 12.7. The number of hydrogen-bond acceptors (Lipinski definition) is 4. The number of urea groups is 1. The van der Waals surface area contributed by atoms with Gasteiger partial charge in [0.15, 0.2) is 5.78 Å². The number of carbonyl (C=O) groups excluding carboxylic acids is 3. The van der Waals surface area contributed by atoms with E-state index in [0.717, 1.165) is 32.7 Å². The van der Waals surface area contributed by atoms with Gasteiger partial charge >= 0.3 is 12.0 Å². The molecule has 0 aromatic heterocycles. The lowest BCUT2D eigenvalue weighted by Crippen LogP contribution is -2.19. The summed E-state index contributed by atoms with van der Waals surface area (Å²) >= 11 is 0. The summed E-state index contributed by atoms with van der Waals surface area (Å²) in [6.45, 7) is 0. The summed E-state index contributed by atoms with van der Waals surface area (Å²) in [4.78, 5) is 36.4. The number of nitrogens with one attached hydrogen (secondary N) is 1. The van der Waals surface area contributed by atoms with E-state index in [0.29, 0.717) is 22.4 Å². The van der Waals surface area contributed by atoms with Gasteiger partial charge in [-0.1, -0.05) is 42.5 Å². The van der Waals surface area contributed by atoms with Crippen molar-refractivity contribution in [3.8, 4) is 11.1 Å². The Kier molecular flexibility index (Phi) is 4.48. The second-order valence-electron chi connectivity index (χ2n) is 7.57. The lowest BCUT2D eigenvalue weighted by Gasteiger charge is -2.17. The second kappa shape index (κ2) is 7.35. The van der Waals surface area contributed by atoms with E-state index in [-0.39, 0.29) is 5.78 Å². The standard InChI is InChI=1S/C26H18N2O4/c1-32-25(30)22-13-16-11-17(28-26(27)31)8-5-15(16)12-21(22)18-9-6-14-7-10-23(29)20-4-2-3-19(18)24(14)20/h2-13H,1H3,(H3,27,28,31). The molecule has 2 amide bonds. The van der Waals surface area contributed by atoms with Crippen LogP contribution in [0.4, 0.5) is 10.5 Å². The summed E-state index contributed by atoms with van der Waals surface area (Å²) < 4.78 is 5.06. The van der Waals surface area contributed by atoms with Gasteiger partial charge in [0.1, 0.15) is 0 Å². The zero-order valence-corrected chi connectivity index (χ0v) is 17.1. The number of primary amides is 1. The van der Waals surface area contributed by atoms with E-state index in [4.69, 9.17) is 10.5 Å². The highest BCUT2D eigenvalue weighted by molar-refractivity contribution is 6.22. The van der Waals surface area contributed by atoms with Crippen LogP contribution in [0.3, 0.4) is 0 Å². The fraction of sp³-hybridized carbons (Fsp3) is 0.0385. The molecule has 0 radical (unpaired) electrons. The van der Waals surface area contributed by atoms with Gasteiger partial charge in [0.25, 0.3) is 0 Å². The largest absolute Gasteiger partial charge is 0.465 e. The molecule has 0 unspecified atom stereocenters. The average molecular weight is 422 g/mol. The molecule has 32 heavy (non-hydrogen) atoms. The van der Waals surface area contributed by atoms with Crippen molar-refractivity contribution in [1.82, 2.24) is 0 Å². The number of fused-ring (bicyclic) bond motifs is 1. The van der Waals surface area contributed by atoms with Crippen molar-refractivity contribution in [3.63, 3.8) is 0 Å². The Hall–Kier alpha value is -4.45. The minimum atomic E-state index is -0.665. The zero-order chi connectivity index (χ0) is 22.4. The number of amides is 2. The molecule has 4 aromatic carbocycles. The van der Waals surface area contributed by atoms with Gasteiger partial charge in [-0.15, -0.1) is 0 Å². The van der Waals surface area contributed by atoms with Gasteiger partial charge in [-0.2, -0.15) is 0 Å². The fourth-order valence-electron chi connectivity index (χ4n) is 4.29. The number of carbonyl (C=O) groups is 3. The molecule has 1 aliphatic carbocycles. The molecule has 0 aliphatic heterocycles. The van der Waals surface area contributed by atoms with Crippen molar-refractivity contribution in [1.29, 1.82) is 0 Å². The van der Waals surface area contributed by atoms with E-state index >= 15 is 0 Å². The predicted octanol–water partition coefficient (Wildman–Crippen LogP) is 5.15. The summed E-state index contributed by atoms with van der Waals surface area (Å²) in [5.41, 5.74) is 9.26. The van der Waals surface area contributed by atoms with Crippen molar-refractivity contribution in [2.24, 2.45) is 5.73 Å². The van der Waals surface area contributed by atoms with Gasteiger partial charge in [0.2, 0.25) is 0 Å². The highest BCUT2D eigenvalue weighted by Crippen LogP contribution is 2.38. The van der Waals surface area contributed by atoms with E-state index in [9.17, 15) is 14.4 Å². The Labute approximate surface area is 183 Å². The molecule has 5 rings (SSSR count). The van der Waals surface area contributed by atoms with Crippen molar-refractivity contribution in [2.45, 2.75) is 0 Å². The monoisotopic (exact) mass is 422 g/mol. The number of esters is 1. The van der Waals surface area contributed by atoms with Crippen LogP contribution in [0.1, 0.15) is 26.3 Å². The summed E-state index contributed by atoms with van der Waals surface area (Å²) in [5.74, 6) is -0.520. The number of allylic oxidation sites excluding steroid dienone is 1. The van der Waals surface area contributed by atoms with Crippen LogP contribution >= 0.6 is 0 Å². The normalized spacial score (nSPS) is 12.2. The second-order valence-corrected chi connectivity index (χ2v) is 7.57. The molecule has 0 saturated carbocycles. The van der Waals surface area contributed by atoms with Gasteiger partial charge in [0, 0.05) is 16.6 Å². The number of rotatable bonds is 3. The highest BCUT2D eigenvalue weighted by Gasteiger charge is 2.21. The number of anilines is 1. The Morgan fingerprint density at radius 1 is 0.875 bits per heavy atom. The lowest BCUT2D eigenvalue weighted by molar-refractivity contribution is 0.0601. The van der Waals surface area contributed by atoms with Gasteiger partial charge in [-0.05, 0) is 63.2 Å². The van der Waals surface area contributed by atoms with Crippen LogP contribution < -0.4 is 11.1 Å². The zero-order valence-electron chi connectivity index (χ0n) is 17.1. The first-order valence-electron chi connectivity index (χ1n) is 9.97. The van der Waals surface area contributed by atoms with E-state index in [1.54, 1.807) is 24.3 Å². The van der Waals surface area contributed by atoms with E-state index in [1.807, 2.05) is 48.5 Å². The Bertz CT molecular complexity index is 1500. The third-order valence-corrected chi connectivity index (χ3v) is 5.69. The minimum Gasteiger partial charge on any atom is -0.465 e. The van der Waals surface area contributed by atoms with Crippen molar-refractivity contribution < 1.29 is 19.1 Å². The van der Waals surface area contributed by atoms with Crippen LogP contribution in [-0.2, 0) is 4.74 Å². The molecule has 0 fully saturated rings. The molecule has 6 nitrogen and oxygen atoms in total. The Morgan fingerprint density at radius 2 is 1.72 bits per heavy atom. The number of hydrogen-bond donors (Lipinski definition) is 2. The van der Waals surface area contributed by atoms with Crippen molar-refractivity contribution >= 4 is 51.1 Å². The third-order valence-electron chi connectivity index (χ3n) is 5.69. The number of benzene rings is 4. The summed E-state index contributed by atoms with van der Waals surface area (Å²) in [6.07, 6.45) is 3.39. The molecule has 0 bridgehead atoms. The smallest absolute Gasteiger partial charge is 0.338 e. The van der Waals surface area contributed by atoms with E-state index < -0.39 is 12.0 Å². The SMILES string of the molecule is COC(=O)c1cc2cc(NC(N)=O)ccc2cc1-c1ccc2c3c(cccc13)C(=O)C=C2. The molecule has 0 heterocycles. The quantitative estimate of drug-likeness (QED) is 0.446. The molecule has 0 atom stereocenters. The minimum absolute atomic E-state index is 0.0403. The van der Waals surface area contributed by atoms with Gasteiger partial charge in [-0.3, -0.25) is 4.79 Å². The maximum atomic E-state index is 12.7. The Morgan fingerprint density at radius 3 is 2.50 bits per heavy atom. The van der Waals surface area contributed by atoms with Gasteiger partial charge in [0.05, 0.1) is 12.7 Å². The third kappa shape index (κ3) is 3.09. The fourth-order valence-corrected chi connectivity index (χ4v) is 4.29. The molecule has 0 saturated heterocycles. The summed E-state index contributed by atoms with van der Waals surface area (Å²) in [6, 6.07) is 17.9. The molecule has 6 heteroatoms. The van der Waals surface area contributed by atoms with Gasteiger partial charge < -0.3 is 15.8 Å². The predicted molar refractivity (Wildman–Crippen MR) is 125 cm³/mol. The van der Waals surface area contributed by atoms with Crippen LogP contribution in [0, 0.1) is 0 Å². The molecule has 4 aromatic rings. The molecule has 156 valence electrons. The highest BCUT2D eigenvalue weighted by atomic mass is 16.5. The topological polar surface area (TPSA) is 98.5 Å². The number of ether oxygens (including phenoxy) is 1. The van der Waals surface area contributed by atoms with E-state index in [1.165, 1.54) is 7.11 Å². The molecule has 1 aliphatic rings. The van der Waals surface area contributed by atoms with Crippen LogP contribution in [0.25, 0.3) is 38.7 Å². The molecule has 0 spiro atoms. The molecular formula is C26H18N2O4. The summed E-state index contributed by atoms with van der Waals surface area (Å²) in [7, 11) is 1.34. The number of methoxy groups -OCH3 is 1. The molecular weight excluding hydrogens is 404 g/mol. The van der Waals surface area contributed by atoms with Crippen molar-refractivity contribution in [2.75, 3.05) is 12.4 Å². The molecule has 3 N–H and O–H groups in total. The average Bonchev–Trinajstić information content (AvgIpc) is 2.79. The van der Waals surface area contributed by atoms with Crippen LogP contribution in [0.15, 0.2) is 66.7 Å². The van der Waals surface area contributed by atoms with Crippen LogP contribution in [0.5, 0.6) is 0 Å². The van der Waals surface area contributed by atoms with Crippen molar-refractivity contribution in [3.05, 3.63) is 83.4 Å². The maximum Gasteiger partial charge on any atom is 0.338 e. The first kappa shape index (κ1) is 19.5. The lowest BCUT2D eigenvalue weighted by atomic mass is 9.86. The number of ketones is 1. The van der Waals surface area contributed by atoms with Crippen LogP contribution in [-0.4, -0.2) is 24.9 Å².